The molecule has 3 aromatic heterocycles. The molecule has 0 radical (unpaired) electrons. The van der Waals surface area contributed by atoms with Gasteiger partial charge in [-0.2, -0.15) is 16.3 Å². The van der Waals surface area contributed by atoms with E-state index in [9.17, 15) is 0 Å². The summed E-state index contributed by atoms with van der Waals surface area (Å²) < 4.78 is 13.0. The smallest absolute Gasteiger partial charge is 0.259 e. The Kier molecular flexibility index (Phi) is 4.44. The molecule has 1 aromatic carbocycles. The highest BCUT2D eigenvalue weighted by Crippen LogP contribution is 2.26. The van der Waals surface area contributed by atoms with Crippen molar-refractivity contribution in [2.75, 3.05) is 32.8 Å². The standard InChI is InChI=1S/C19H19N5O2S/c1-2-17-16(20-13-24(17)5-4-23-6-8-25-9-7-23)11-14(1)18-21-19(26-22-18)15-3-10-27-12-15/h1-3,10-13H,4-9H2. The first-order chi connectivity index (χ1) is 13.4. The van der Waals surface area contributed by atoms with E-state index in [1.54, 1.807) is 11.3 Å². The zero-order chi connectivity index (χ0) is 18.1. The Morgan fingerprint density at radius 3 is 2.85 bits per heavy atom. The van der Waals surface area contributed by atoms with Gasteiger partial charge in [-0.1, -0.05) is 5.16 Å². The summed E-state index contributed by atoms with van der Waals surface area (Å²) in [5.41, 5.74) is 3.92. The van der Waals surface area contributed by atoms with Crippen LogP contribution >= 0.6 is 11.3 Å². The van der Waals surface area contributed by atoms with Crippen molar-refractivity contribution in [1.29, 1.82) is 0 Å². The third kappa shape index (κ3) is 3.39. The Labute approximate surface area is 160 Å². The molecule has 0 atom stereocenters. The van der Waals surface area contributed by atoms with Gasteiger partial charge in [0.25, 0.3) is 5.89 Å². The van der Waals surface area contributed by atoms with Crippen molar-refractivity contribution in [2.45, 2.75) is 6.54 Å². The number of morpholine rings is 1. The van der Waals surface area contributed by atoms with Crippen molar-refractivity contribution < 1.29 is 9.26 Å². The van der Waals surface area contributed by atoms with Crippen LogP contribution in [0.4, 0.5) is 0 Å². The van der Waals surface area contributed by atoms with E-state index < -0.39 is 0 Å². The van der Waals surface area contributed by atoms with E-state index in [0.717, 1.165) is 61.6 Å². The minimum absolute atomic E-state index is 0.544. The Morgan fingerprint density at radius 1 is 1.07 bits per heavy atom. The number of aromatic nitrogens is 4. The maximum absolute atomic E-state index is 5.41. The summed E-state index contributed by atoms with van der Waals surface area (Å²) in [6, 6.07) is 8.10. The Hall–Kier alpha value is -2.55. The van der Waals surface area contributed by atoms with E-state index >= 15 is 0 Å². The predicted octanol–water partition coefficient (Wildman–Crippen LogP) is 3.15. The van der Waals surface area contributed by atoms with Crippen molar-refractivity contribution in [1.82, 2.24) is 24.6 Å². The van der Waals surface area contributed by atoms with Gasteiger partial charge in [-0.05, 0) is 29.6 Å². The van der Waals surface area contributed by atoms with Crippen molar-refractivity contribution in [3.8, 4) is 22.8 Å². The van der Waals surface area contributed by atoms with Gasteiger partial charge in [-0.3, -0.25) is 4.90 Å². The van der Waals surface area contributed by atoms with Gasteiger partial charge >= 0.3 is 0 Å². The van der Waals surface area contributed by atoms with Crippen molar-refractivity contribution in [2.24, 2.45) is 0 Å². The molecule has 1 aliphatic rings. The van der Waals surface area contributed by atoms with E-state index in [-0.39, 0.29) is 0 Å². The first kappa shape index (κ1) is 16.6. The Bertz CT molecular complexity index is 1030. The normalized spacial score (nSPS) is 15.6. The number of thiophene rings is 1. The second-order valence-corrected chi connectivity index (χ2v) is 7.31. The number of ether oxygens (including phenoxy) is 1. The third-order valence-corrected chi connectivity index (χ3v) is 5.52. The van der Waals surface area contributed by atoms with E-state index in [1.807, 2.05) is 35.3 Å². The van der Waals surface area contributed by atoms with Crippen LogP contribution in [0.3, 0.4) is 0 Å². The van der Waals surface area contributed by atoms with E-state index in [0.29, 0.717) is 11.7 Å². The maximum Gasteiger partial charge on any atom is 0.259 e. The topological polar surface area (TPSA) is 69.2 Å². The van der Waals surface area contributed by atoms with Crippen molar-refractivity contribution >= 4 is 22.4 Å². The first-order valence-electron chi connectivity index (χ1n) is 8.98. The van der Waals surface area contributed by atoms with Gasteiger partial charge in [0.05, 0.1) is 36.1 Å². The first-order valence-corrected chi connectivity index (χ1v) is 9.93. The van der Waals surface area contributed by atoms with E-state index in [2.05, 4.69) is 30.7 Å². The summed E-state index contributed by atoms with van der Waals surface area (Å²) in [6.45, 7) is 5.58. The van der Waals surface area contributed by atoms with Crippen LogP contribution in [-0.2, 0) is 11.3 Å². The predicted molar refractivity (Wildman–Crippen MR) is 104 cm³/mol. The Morgan fingerprint density at radius 2 is 2.00 bits per heavy atom. The number of benzene rings is 1. The zero-order valence-corrected chi connectivity index (χ0v) is 15.6. The second kappa shape index (κ2) is 7.22. The number of fused-ring (bicyclic) bond motifs is 1. The highest BCUT2D eigenvalue weighted by atomic mass is 32.1. The molecule has 7 nitrogen and oxygen atoms in total. The third-order valence-electron chi connectivity index (χ3n) is 4.83. The van der Waals surface area contributed by atoms with Gasteiger partial charge in [0, 0.05) is 37.1 Å². The molecule has 8 heteroatoms. The van der Waals surface area contributed by atoms with Gasteiger partial charge in [0.15, 0.2) is 0 Å². The van der Waals surface area contributed by atoms with E-state index in [1.165, 1.54) is 0 Å². The monoisotopic (exact) mass is 381 g/mol. The molecule has 138 valence electrons. The van der Waals surface area contributed by atoms with Crippen LogP contribution in [0, 0.1) is 0 Å². The summed E-state index contributed by atoms with van der Waals surface area (Å²) in [7, 11) is 0. The molecule has 1 fully saturated rings. The second-order valence-electron chi connectivity index (χ2n) is 6.53. The summed E-state index contributed by atoms with van der Waals surface area (Å²) in [5, 5.41) is 8.11. The molecule has 0 spiro atoms. The van der Waals surface area contributed by atoms with Crippen LogP contribution in [-0.4, -0.2) is 57.4 Å². The van der Waals surface area contributed by atoms with Crippen LogP contribution in [0.2, 0.25) is 0 Å². The molecule has 0 aliphatic carbocycles. The molecule has 27 heavy (non-hydrogen) atoms. The van der Waals surface area contributed by atoms with Gasteiger partial charge < -0.3 is 13.8 Å². The lowest BCUT2D eigenvalue weighted by atomic mass is 10.2. The number of hydrogen-bond donors (Lipinski definition) is 0. The highest BCUT2D eigenvalue weighted by molar-refractivity contribution is 7.08. The average molecular weight is 381 g/mol. The van der Waals surface area contributed by atoms with Crippen LogP contribution in [0.1, 0.15) is 0 Å². The van der Waals surface area contributed by atoms with E-state index in [4.69, 9.17) is 9.26 Å². The summed E-state index contributed by atoms with van der Waals surface area (Å²) >= 11 is 1.61. The minimum atomic E-state index is 0.544. The SMILES string of the molecule is c1cc(-c2nc(-c3ccc4c(c3)ncn4CCN3CCOCC3)no2)cs1. The van der Waals surface area contributed by atoms with Crippen LogP contribution in [0.25, 0.3) is 33.9 Å². The van der Waals surface area contributed by atoms with Crippen molar-refractivity contribution in [3.63, 3.8) is 0 Å². The van der Waals surface area contributed by atoms with Gasteiger partial charge in [0.1, 0.15) is 0 Å². The Balaban J connectivity index is 1.35. The van der Waals surface area contributed by atoms with Crippen molar-refractivity contribution in [3.05, 3.63) is 41.4 Å². The minimum Gasteiger partial charge on any atom is -0.379 e. The number of hydrogen-bond acceptors (Lipinski definition) is 7. The number of nitrogens with zero attached hydrogens (tertiary/aromatic N) is 5. The maximum atomic E-state index is 5.41. The molecular weight excluding hydrogens is 362 g/mol. The molecular formula is C19H19N5O2S. The highest BCUT2D eigenvalue weighted by Gasteiger charge is 2.14. The molecule has 1 saturated heterocycles. The lowest BCUT2D eigenvalue weighted by molar-refractivity contribution is 0.0365. The summed E-state index contributed by atoms with van der Waals surface area (Å²) in [4.78, 5) is 11.5. The lowest BCUT2D eigenvalue weighted by Crippen LogP contribution is -2.38. The fourth-order valence-corrected chi connectivity index (χ4v) is 3.93. The van der Waals surface area contributed by atoms with Gasteiger partial charge in [-0.25, -0.2) is 4.98 Å². The molecule has 1 aliphatic heterocycles. The van der Waals surface area contributed by atoms with Gasteiger partial charge in [-0.15, -0.1) is 0 Å². The number of rotatable bonds is 5. The average Bonchev–Trinajstić information content (AvgIpc) is 3.47. The zero-order valence-electron chi connectivity index (χ0n) is 14.7. The fourth-order valence-electron chi connectivity index (χ4n) is 3.30. The largest absolute Gasteiger partial charge is 0.379 e. The van der Waals surface area contributed by atoms with Crippen LogP contribution < -0.4 is 0 Å². The molecule has 0 N–H and O–H groups in total. The fraction of sp³-hybridized carbons (Fsp3) is 0.316. The molecule has 0 amide bonds. The molecule has 0 bridgehead atoms. The molecule has 4 aromatic rings. The molecule has 0 saturated carbocycles. The quantitative estimate of drug-likeness (QED) is 0.529. The van der Waals surface area contributed by atoms with Gasteiger partial charge in [0.2, 0.25) is 5.82 Å². The summed E-state index contributed by atoms with van der Waals surface area (Å²) in [6.07, 6.45) is 1.90. The number of imidazole rings is 1. The molecule has 0 unspecified atom stereocenters. The molecule has 4 heterocycles. The van der Waals surface area contributed by atoms with Crippen LogP contribution in [0.15, 0.2) is 45.9 Å². The summed E-state index contributed by atoms with van der Waals surface area (Å²) in [5.74, 6) is 1.13. The lowest BCUT2D eigenvalue weighted by Gasteiger charge is -2.26. The molecule has 5 rings (SSSR count). The van der Waals surface area contributed by atoms with Crippen LogP contribution in [0.5, 0.6) is 0 Å².